The summed E-state index contributed by atoms with van der Waals surface area (Å²) in [7, 11) is -9.15. The van der Waals surface area contributed by atoms with E-state index < -0.39 is 58.0 Å². The predicted molar refractivity (Wildman–Crippen MR) is 101 cm³/mol. The maximum atomic E-state index is 13.2. The van der Waals surface area contributed by atoms with Crippen molar-refractivity contribution < 1.29 is 43.5 Å². The number of sulfone groups is 2. The molecule has 0 amide bonds. The van der Waals surface area contributed by atoms with E-state index >= 15 is 0 Å². The van der Waals surface area contributed by atoms with Crippen molar-refractivity contribution in [2.75, 3.05) is 13.2 Å². The van der Waals surface area contributed by atoms with Gasteiger partial charge in [0.25, 0.3) is 9.84 Å². The van der Waals surface area contributed by atoms with Crippen LogP contribution in [0.4, 0.5) is 22.0 Å². The Morgan fingerprint density at radius 3 is 2.48 bits per heavy atom. The van der Waals surface area contributed by atoms with Crippen LogP contribution in [0.5, 0.6) is 0 Å². The van der Waals surface area contributed by atoms with E-state index in [4.69, 9.17) is 4.74 Å². The SMILES string of the molecule is CC1(S(=O)(=O)c2cccc(C(F)(F)F)c2)CCOC(C2=CC(S(=O)(=O)C(F)F)=NC2)C1. The highest BCUT2D eigenvalue weighted by Gasteiger charge is 2.46. The summed E-state index contributed by atoms with van der Waals surface area (Å²) >= 11 is 0. The highest BCUT2D eigenvalue weighted by atomic mass is 32.2. The number of ether oxygens (including phenoxy) is 1. The lowest BCUT2D eigenvalue weighted by Crippen LogP contribution is -2.45. The third-order valence-electron chi connectivity index (χ3n) is 5.35. The van der Waals surface area contributed by atoms with E-state index in [0.717, 1.165) is 24.3 Å². The molecule has 2 atom stereocenters. The summed E-state index contributed by atoms with van der Waals surface area (Å²) < 4.78 is 118. The van der Waals surface area contributed by atoms with Crippen LogP contribution in [0.15, 0.2) is 45.8 Å². The Kier molecular flexibility index (Phi) is 6.08. The van der Waals surface area contributed by atoms with Gasteiger partial charge in [0, 0.05) is 6.61 Å². The van der Waals surface area contributed by atoms with Gasteiger partial charge in [-0.1, -0.05) is 6.07 Å². The Labute approximate surface area is 175 Å². The minimum atomic E-state index is -4.91. The van der Waals surface area contributed by atoms with Gasteiger partial charge in [-0.05, 0) is 49.6 Å². The van der Waals surface area contributed by atoms with Crippen molar-refractivity contribution in [1.82, 2.24) is 0 Å². The van der Waals surface area contributed by atoms with Crippen LogP contribution in [0.2, 0.25) is 0 Å². The first-order chi connectivity index (χ1) is 14.2. The van der Waals surface area contributed by atoms with Crippen molar-refractivity contribution in [3.63, 3.8) is 0 Å². The van der Waals surface area contributed by atoms with Gasteiger partial charge in [0.05, 0.1) is 27.9 Å². The van der Waals surface area contributed by atoms with E-state index in [9.17, 15) is 38.8 Å². The number of halogens is 5. The summed E-state index contributed by atoms with van der Waals surface area (Å²) in [6.07, 6.45) is -4.93. The molecule has 1 aromatic carbocycles. The van der Waals surface area contributed by atoms with Gasteiger partial charge < -0.3 is 4.74 Å². The fourth-order valence-electron chi connectivity index (χ4n) is 3.45. The quantitative estimate of drug-likeness (QED) is 0.608. The van der Waals surface area contributed by atoms with Gasteiger partial charge in [-0.3, -0.25) is 4.99 Å². The number of rotatable bonds is 4. The number of nitrogens with zero attached hydrogens (tertiary/aromatic N) is 1. The Morgan fingerprint density at radius 2 is 1.87 bits per heavy atom. The summed E-state index contributed by atoms with van der Waals surface area (Å²) in [6.45, 7) is 1.03. The molecule has 2 unspecified atom stereocenters. The van der Waals surface area contributed by atoms with Crippen molar-refractivity contribution in [3.8, 4) is 0 Å². The summed E-state index contributed by atoms with van der Waals surface area (Å²) in [6, 6.07) is 3.41. The zero-order valence-corrected chi connectivity index (χ0v) is 17.7. The van der Waals surface area contributed by atoms with Gasteiger partial charge in [-0.2, -0.15) is 22.0 Å². The molecular formula is C18H18F5NO5S2. The monoisotopic (exact) mass is 487 g/mol. The van der Waals surface area contributed by atoms with Crippen molar-refractivity contribution in [2.45, 2.75) is 47.4 Å². The van der Waals surface area contributed by atoms with Gasteiger partial charge in [0.15, 0.2) is 14.9 Å². The minimum Gasteiger partial charge on any atom is -0.374 e. The predicted octanol–water partition coefficient (Wildman–Crippen LogP) is 3.39. The molecule has 31 heavy (non-hydrogen) atoms. The van der Waals surface area contributed by atoms with E-state index in [-0.39, 0.29) is 31.6 Å². The normalized spacial score (nSPS) is 25.5. The van der Waals surface area contributed by atoms with Gasteiger partial charge in [0.2, 0.25) is 0 Å². The molecule has 0 radical (unpaired) electrons. The van der Waals surface area contributed by atoms with Gasteiger partial charge in [-0.15, -0.1) is 0 Å². The van der Waals surface area contributed by atoms with Gasteiger partial charge in [0.1, 0.15) is 0 Å². The van der Waals surface area contributed by atoms with Crippen molar-refractivity contribution in [3.05, 3.63) is 41.5 Å². The van der Waals surface area contributed by atoms with Crippen LogP contribution in [-0.2, 0) is 30.6 Å². The van der Waals surface area contributed by atoms with Crippen LogP contribution >= 0.6 is 0 Å². The third-order valence-corrected chi connectivity index (χ3v) is 9.20. The Hall–Kier alpha value is -1.86. The molecule has 0 saturated carbocycles. The summed E-state index contributed by atoms with van der Waals surface area (Å²) in [5.41, 5.74) is -0.890. The Bertz CT molecular complexity index is 1140. The highest BCUT2D eigenvalue weighted by Crippen LogP contribution is 2.40. The van der Waals surface area contributed by atoms with Crippen LogP contribution < -0.4 is 0 Å². The van der Waals surface area contributed by atoms with Gasteiger partial charge in [-0.25, -0.2) is 16.8 Å². The molecule has 6 nitrogen and oxygen atoms in total. The molecule has 0 bridgehead atoms. The Morgan fingerprint density at radius 1 is 1.19 bits per heavy atom. The summed E-state index contributed by atoms with van der Waals surface area (Å²) in [4.78, 5) is 3.10. The molecule has 2 aliphatic heterocycles. The van der Waals surface area contributed by atoms with Crippen LogP contribution in [-0.4, -0.2) is 51.6 Å². The van der Waals surface area contributed by atoms with E-state index in [2.05, 4.69) is 4.99 Å². The van der Waals surface area contributed by atoms with E-state index in [1.807, 2.05) is 0 Å². The largest absolute Gasteiger partial charge is 0.416 e. The number of benzene rings is 1. The second-order valence-electron chi connectivity index (χ2n) is 7.47. The number of hydrogen-bond donors (Lipinski definition) is 0. The first-order valence-electron chi connectivity index (χ1n) is 8.99. The molecule has 172 valence electrons. The molecule has 2 aliphatic rings. The molecule has 0 aliphatic carbocycles. The lowest BCUT2D eigenvalue weighted by atomic mass is 9.92. The van der Waals surface area contributed by atoms with Crippen LogP contribution in [0.1, 0.15) is 25.3 Å². The number of alkyl halides is 5. The van der Waals surface area contributed by atoms with Gasteiger partial charge >= 0.3 is 11.9 Å². The molecule has 1 aromatic rings. The first-order valence-corrected chi connectivity index (χ1v) is 12.0. The van der Waals surface area contributed by atoms with Crippen molar-refractivity contribution in [1.29, 1.82) is 0 Å². The lowest BCUT2D eigenvalue weighted by molar-refractivity contribution is -0.137. The molecule has 0 aromatic heterocycles. The molecular weight excluding hydrogens is 469 g/mol. The third kappa shape index (κ3) is 4.40. The molecule has 1 saturated heterocycles. The summed E-state index contributed by atoms with van der Waals surface area (Å²) in [5, 5.41) is -0.811. The standard InChI is InChI=1S/C18H18F5NO5S2/c1-17(31(27,28)13-4-2-3-12(8-13)18(21,22)23)5-6-29-14(9-17)11-7-15(24-10-11)30(25,26)16(19)20/h2-4,7-8,14,16H,5-6,9-10H2,1H3. The molecule has 2 heterocycles. The lowest BCUT2D eigenvalue weighted by Gasteiger charge is -2.38. The van der Waals surface area contributed by atoms with Crippen LogP contribution in [0.25, 0.3) is 0 Å². The van der Waals surface area contributed by atoms with Crippen molar-refractivity contribution in [2.24, 2.45) is 4.99 Å². The second kappa shape index (κ2) is 7.93. The maximum Gasteiger partial charge on any atom is 0.416 e. The first kappa shape index (κ1) is 23.8. The van der Waals surface area contributed by atoms with Crippen LogP contribution in [0, 0.1) is 0 Å². The minimum absolute atomic E-state index is 0.0155. The summed E-state index contributed by atoms with van der Waals surface area (Å²) in [5.74, 6) is -3.65. The average Bonchev–Trinajstić information content (AvgIpc) is 3.18. The molecule has 0 spiro atoms. The van der Waals surface area contributed by atoms with Crippen molar-refractivity contribution >= 4 is 24.7 Å². The fourth-order valence-corrected chi connectivity index (χ4v) is 6.03. The molecule has 0 N–H and O–H groups in total. The maximum absolute atomic E-state index is 13.2. The number of aliphatic imine (C=N–C) groups is 1. The smallest absolute Gasteiger partial charge is 0.374 e. The van der Waals surface area contributed by atoms with E-state index in [0.29, 0.717) is 6.07 Å². The van der Waals surface area contributed by atoms with E-state index in [1.54, 1.807) is 0 Å². The topological polar surface area (TPSA) is 89.9 Å². The zero-order chi connectivity index (χ0) is 23.2. The molecule has 13 heteroatoms. The number of hydrogen-bond acceptors (Lipinski definition) is 6. The van der Waals surface area contributed by atoms with Crippen LogP contribution in [0.3, 0.4) is 0 Å². The van der Waals surface area contributed by atoms with E-state index in [1.165, 1.54) is 6.92 Å². The zero-order valence-electron chi connectivity index (χ0n) is 16.1. The Balaban J connectivity index is 1.89. The fraction of sp³-hybridized carbons (Fsp3) is 0.500. The average molecular weight is 487 g/mol. The molecule has 3 rings (SSSR count). The molecule has 1 fully saturated rings. The second-order valence-corrected chi connectivity index (χ2v) is 11.8. The highest BCUT2D eigenvalue weighted by molar-refractivity contribution is 8.07.